The average molecular weight is 562 g/mol. The zero-order chi connectivity index (χ0) is 27.6. The first-order chi connectivity index (χ1) is 19.5. The van der Waals surface area contributed by atoms with Gasteiger partial charge in [-0.15, -0.1) is 0 Å². The maximum Gasteiger partial charge on any atom is 0.255 e. The van der Waals surface area contributed by atoms with E-state index in [9.17, 15) is 9.18 Å². The van der Waals surface area contributed by atoms with Gasteiger partial charge in [0.1, 0.15) is 17.5 Å². The number of pyridine rings is 1. The predicted molar refractivity (Wildman–Crippen MR) is 160 cm³/mol. The second kappa shape index (κ2) is 11.6. The molecular formula is C30H36FN7OS. The normalized spacial score (nSPS) is 19.8. The van der Waals surface area contributed by atoms with Crippen molar-refractivity contribution in [3.8, 4) is 11.3 Å². The Morgan fingerprint density at radius 3 is 2.35 bits per heavy atom. The number of hydrogen-bond acceptors (Lipinski definition) is 8. The molecule has 6 rings (SSSR count). The summed E-state index contributed by atoms with van der Waals surface area (Å²) in [7, 11) is 0. The van der Waals surface area contributed by atoms with E-state index < -0.39 is 0 Å². The Labute approximate surface area is 239 Å². The molecule has 3 aliphatic rings. The molecule has 2 aromatic heterocycles. The van der Waals surface area contributed by atoms with Crippen LogP contribution in [0, 0.1) is 12.7 Å². The molecule has 1 atom stereocenters. The molecule has 5 heterocycles. The molecule has 0 N–H and O–H groups in total. The number of aryl methyl sites for hydroxylation is 1. The summed E-state index contributed by atoms with van der Waals surface area (Å²) in [6, 6.07) is 10.9. The minimum Gasteiger partial charge on any atom is -0.353 e. The van der Waals surface area contributed by atoms with Gasteiger partial charge in [0.05, 0.1) is 11.3 Å². The van der Waals surface area contributed by atoms with E-state index in [4.69, 9.17) is 15.0 Å². The highest BCUT2D eigenvalue weighted by Crippen LogP contribution is 2.30. The number of benzene rings is 1. The number of piperazine rings is 1. The van der Waals surface area contributed by atoms with Crippen molar-refractivity contribution in [2.75, 3.05) is 72.0 Å². The summed E-state index contributed by atoms with van der Waals surface area (Å²) in [5.74, 6) is 4.40. The number of anilines is 3. The summed E-state index contributed by atoms with van der Waals surface area (Å²) >= 11 is 1.90. The summed E-state index contributed by atoms with van der Waals surface area (Å²) < 4.78 is 13.6. The van der Waals surface area contributed by atoms with Gasteiger partial charge >= 0.3 is 0 Å². The fraction of sp³-hybridized carbons (Fsp3) is 0.467. The molecule has 0 aliphatic carbocycles. The second-order valence-corrected chi connectivity index (χ2v) is 12.1. The molecule has 40 heavy (non-hydrogen) atoms. The standard InChI is InChI=1S/C30H36FN7OS/c1-21-18-24(29(39)37-14-16-40-17-15-37)20-32-28(21)36-12-10-35(11-13-36)27-19-26(23-5-7-25(31)8-6-23)33-30(34-27)38-9-3-4-22(38)2/h5-8,18-20,22H,3-4,9-17H2,1-2H3. The van der Waals surface area contributed by atoms with Gasteiger partial charge in [-0.05, 0) is 62.6 Å². The highest BCUT2D eigenvalue weighted by molar-refractivity contribution is 7.99. The summed E-state index contributed by atoms with van der Waals surface area (Å²) in [6.45, 7) is 10.0. The molecule has 3 fully saturated rings. The third-order valence-electron chi connectivity index (χ3n) is 8.15. The van der Waals surface area contributed by atoms with E-state index in [0.29, 0.717) is 11.6 Å². The minimum atomic E-state index is -0.255. The molecule has 3 aromatic rings. The van der Waals surface area contributed by atoms with Gasteiger partial charge in [-0.1, -0.05) is 0 Å². The van der Waals surface area contributed by atoms with Crippen LogP contribution in [0.2, 0.25) is 0 Å². The van der Waals surface area contributed by atoms with E-state index in [1.54, 1.807) is 18.3 Å². The maximum atomic E-state index is 13.6. The lowest BCUT2D eigenvalue weighted by Gasteiger charge is -2.37. The second-order valence-electron chi connectivity index (χ2n) is 10.8. The van der Waals surface area contributed by atoms with Crippen molar-refractivity contribution in [2.45, 2.75) is 32.7 Å². The topological polar surface area (TPSA) is 68.7 Å². The zero-order valence-corrected chi connectivity index (χ0v) is 24.0. The SMILES string of the molecule is Cc1cc(C(=O)N2CCSCC2)cnc1N1CCN(c2cc(-c3ccc(F)cc3)nc(N3CCCC3C)n2)CC1. The van der Waals surface area contributed by atoms with E-state index in [1.807, 2.05) is 35.7 Å². The van der Waals surface area contributed by atoms with E-state index >= 15 is 0 Å². The van der Waals surface area contributed by atoms with Crippen molar-refractivity contribution < 1.29 is 9.18 Å². The third-order valence-corrected chi connectivity index (χ3v) is 9.09. The van der Waals surface area contributed by atoms with Gasteiger partial charge in [0, 0.05) is 81.2 Å². The summed E-state index contributed by atoms with van der Waals surface area (Å²) in [5, 5.41) is 0. The Morgan fingerprint density at radius 2 is 1.68 bits per heavy atom. The van der Waals surface area contributed by atoms with E-state index in [0.717, 1.165) is 105 Å². The van der Waals surface area contributed by atoms with Crippen LogP contribution in [-0.2, 0) is 0 Å². The molecule has 10 heteroatoms. The van der Waals surface area contributed by atoms with Gasteiger partial charge in [0.25, 0.3) is 5.91 Å². The van der Waals surface area contributed by atoms with E-state index in [2.05, 4.69) is 21.6 Å². The number of amides is 1. The Kier molecular flexibility index (Phi) is 7.78. The van der Waals surface area contributed by atoms with Gasteiger partial charge < -0.3 is 19.6 Å². The lowest BCUT2D eigenvalue weighted by molar-refractivity contribution is 0.0772. The fourth-order valence-electron chi connectivity index (χ4n) is 5.82. The number of hydrogen-bond donors (Lipinski definition) is 0. The molecule has 0 radical (unpaired) electrons. The van der Waals surface area contributed by atoms with Gasteiger partial charge in [0.15, 0.2) is 0 Å². The molecule has 1 unspecified atom stereocenters. The molecule has 1 aromatic carbocycles. The lowest BCUT2D eigenvalue weighted by Crippen LogP contribution is -2.47. The van der Waals surface area contributed by atoms with Crippen molar-refractivity contribution in [1.29, 1.82) is 0 Å². The first-order valence-electron chi connectivity index (χ1n) is 14.2. The summed E-state index contributed by atoms with van der Waals surface area (Å²) in [5.41, 5.74) is 3.39. The maximum absolute atomic E-state index is 13.6. The Bertz CT molecular complexity index is 1360. The van der Waals surface area contributed by atoms with Crippen LogP contribution in [0.5, 0.6) is 0 Å². The minimum absolute atomic E-state index is 0.0797. The van der Waals surface area contributed by atoms with Gasteiger partial charge in [-0.3, -0.25) is 4.79 Å². The molecule has 3 aliphatic heterocycles. The molecule has 0 bridgehead atoms. The Balaban J connectivity index is 1.19. The van der Waals surface area contributed by atoms with Crippen molar-refractivity contribution >= 4 is 35.3 Å². The molecular weight excluding hydrogens is 525 g/mol. The van der Waals surface area contributed by atoms with Crippen molar-refractivity contribution in [3.63, 3.8) is 0 Å². The highest BCUT2D eigenvalue weighted by atomic mass is 32.2. The predicted octanol–water partition coefficient (Wildman–Crippen LogP) is 4.49. The van der Waals surface area contributed by atoms with Crippen LogP contribution in [0.15, 0.2) is 42.6 Å². The van der Waals surface area contributed by atoms with Gasteiger partial charge in [0.2, 0.25) is 5.95 Å². The zero-order valence-electron chi connectivity index (χ0n) is 23.2. The number of rotatable bonds is 5. The first kappa shape index (κ1) is 26.8. The van der Waals surface area contributed by atoms with Crippen molar-refractivity contribution in [1.82, 2.24) is 19.9 Å². The number of aromatic nitrogens is 3. The van der Waals surface area contributed by atoms with Crippen LogP contribution in [0.3, 0.4) is 0 Å². The van der Waals surface area contributed by atoms with Crippen LogP contribution >= 0.6 is 11.8 Å². The van der Waals surface area contributed by atoms with Crippen molar-refractivity contribution in [2.24, 2.45) is 0 Å². The molecule has 210 valence electrons. The average Bonchev–Trinajstić information content (AvgIpc) is 3.43. The van der Waals surface area contributed by atoms with E-state index in [-0.39, 0.29) is 11.7 Å². The van der Waals surface area contributed by atoms with Crippen LogP contribution in [0.25, 0.3) is 11.3 Å². The summed E-state index contributed by atoms with van der Waals surface area (Å²) in [4.78, 5) is 36.4. The smallest absolute Gasteiger partial charge is 0.255 e. The molecule has 0 saturated carbocycles. The van der Waals surface area contributed by atoms with Crippen LogP contribution < -0.4 is 14.7 Å². The number of carbonyl (C=O) groups is 1. The fourth-order valence-corrected chi connectivity index (χ4v) is 6.73. The van der Waals surface area contributed by atoms with Crippen LogP contribution in [-0.4, -0.2) is 89.1 Å². The Morgan fingerprint density at radius 1 is 0.950 bits per heavy atom. The lowest BCUT2D eigenvalue weighted by atomic mass is 10.1. The number of halogens is 1. The monoisotopic (exact) mass is 561 g/mol. The van der Waals surface area contributed by atoms with Gasteiger partial charge in [-0.2, -0.15) is 16.7 Å². The largest absolute Gasteiger partial charge is 0.353 e. The Hall–Kier alpha value is -3.40. The molecule has 1 amide bonds. The number of thioether (sulfide) groups is 1. The highest BCUT2D eigenvalue weighted by Gasteiger charge is 2.27. The molecule has 3 saturated heterocycles. The molecule has 8 nitrogen and oxygen atoms in total. The van der Waals surface area contributed by atoms with Crippen molar-refractivity contribution in [3.05, 3.63) is 59.5 Å². The third kappa shape index (κ3) is 5.59. The summed E-state index contributed by atoms with van der Waals surface area (Å²) in [6.07, 6.45) is 4.00. The quantitative estimate of drug-likeness (QED) is 0.452. The molecule has 0 spiro atoms. The first-order valence-corrected chi connectivity index (χ1v) is 15.4. The van der Waals surface area contributed by atoms with Gasteiger partial charge in [-0.25, -0.2) is 14.4 Å². The van der Waals surface area contributed by atoms with Crippen LogP contribution in [0.1, 0.15) is 35.7 Å². The van der Waals surface area contributed by atoms with Crippen LogP contribution in [0.4, 0.5) is 22.0 Å². The van der Waals surface area contributed by atoms with E-state index in [1.165, 1.54) is 12.1 Å². The number of carbonyl (C=O) groups excluding carboxylic acids is 1. The number of nitrogens with zero attached hydrogens (tertiary/aromatic N) is 7.